The number of carbonyl (C=O) groups excluding carboxylic acids is 1. The third-order valence-electron chi connectivity index (χ3n) is 2.91. The molecule has 5 nitrogen and oxygen atoms in total. The Bertz CT molecular complexity index is 429. The molecule has 1 rings (SSSR count). The second kappa shape index (κ2) is 5.69. The lowest BCUT2D eigenvalue weighted by molar-refractivity contribution is -0.129. The Morgan fingerprint density at radius 3 is 2.76 bits per heavy atom. The van der Waals surface area contributed by atoms with Gasteiger partial charge in [-0.15, -0.1) is 0 Å². The van der Waals surface area contributed by atoms with Gasteiger partial charge in [-0.2, -0.15) is 5.26 Å². The van der Waals surface area contributed by atoms with Gasteiger partial charge in [-0.3, -0.25) is 4.79 Å². The summed E-state index contributed by atoms with van der Waals surface area (Å²) in [5.41, 5.74) is 0. The summed E-state index contributed by atoms with van der Waals surface area (Å²) in [5, 5.41) is 8.66. The zero-order valence-electron chi connectivity index (χ0n) is 9.60. The Hall–Kier alpha value is -0.800. The van der Waals surface area contributed by atoms with Crippen molar-refractivity contribution in [3.63, 3.8) is 0 Å². The maximum atomic E-state index is 11.7. The third kappa shape index (κ3) is 4.17. The second-order valence-corrected chi connectivity index (χ2v) is 7.07. The van der Waals surface area contributed by atoms with E-state index in [4.69, 9.17) is 15.9 Å². The van der Waals surface area contributed by atoms with Gasteiger partial charge in [0.25, 0.3) is 0 Å². The molecule has 1 amide bonds. The molecule has 0 aliphatic carbocycles. The van der Waals surface area contributed by atoms with Gasteiger partial charge in [0.15, 0.2) is 0 Å². The molecular formula is C10H15ClN2O3S. The van der Waals surface area contributed by atoms with Crippen molar-refractivity contribution in [3.05, 3.63) is 0 Å². The molecule has 1 fully saturated rings. The molecule has 0 aromatic heterocycles. The molecule has 1 saturated heterocycles. The monoisotopic (exact) mass is 278 g/mol. The van der Waals surface area contributed by atoms with Crippen molar-refractivity contribution in [2.24, 2.45) is 5.92 Å². The molecule has 0 spiro atoms. The highest BCUT2D eigenvalue weighted by Crippen LogP contribution is 2.24. The van der Waals surface area contributed by atoms with Gasteiger partial charge in [0.05, 0.1) is 18.2 Å². The summed E-state index contributed by atoms with van der Waals surface area (Å²) in [6.07, 6.45) is 1.18. The summed E-state index contributed by atoms with van der Waals surface area (Å²) in [7, 11) is 1.60. The molecule has 1 heterocycles. The Kier molecular flexibility index (Phi) is 4.78. The van der Waals surface area contributed by atoms with Crippen molar-refractivity contribution in [3.8, 4) is 6.07 Å². The molecule has 1 aliphatic heterocycles. The minimum atomic E-state index is -3.57. The van der Waals surface area contributed by atoms with Crippen LogP contribution in [-0.4, -0.2) is 37.6 Å². The number of nitrogens with zero attached hydrogens (tertiary/aromatic N) is 2. The summed E-state index contributed by atoms with van der Waals surface area (Å²) in [4.78, 5) is 13.3. The number of halogens is 1. The van der Waals surface area contributed by atoms with Crippen LogP contribution < -0.4 is 0 Å². The molecule has 0 aromatic rings. The average Bonchev–Trinajstić information content (AvgIpc) is 2.53. The maximum absolute atomic E-state index is 11.7. The SMILES string of the molecule is CCC(CC#N)N1CC(CS(=O)(=O)Cl)CC1=O. The van der Waals surface area contributed by atoms with Gasteiger partial charge in [0.1, 0.15) is 0 Å². The highest BCUT2D eigenvalue weighted by Gasteiger charge is 2.35. The second-order valence-electron chi connectivity index (χ2n) is 4.25. The standard InChI is InChI=1S/C10H15ClN2O3S/c1-2-9(3-4-12)13-6-8(5-10(13)14)7-17(11,15)16/h8-9H,2-3,5-7H2,1H3. The van der Waals surface area contributed by atoms with Gasteiger partial charge >= 0.3 is 0 Å². The van der Waals surface area contributed by atoms with E-state index in [2.05, 4.69) is 0 Å². The molecule has 2 atom stereocenters. The largest absolute Gasteiger partial charge is 0.338 e. The molecule has 0 bridgehead atoms. The first kappa shape index (κ1) is 14.3. The van der Waals surface area contributed by atoms with Gasteiger partial charge in [-0.25, -0.2) is 8.42 Å². The molecule has 2 unspecified atom stereocenters. The summed E-state index contributed by atoms with van der Waals surface area (Å²) >= 11 is 0. The summed E-state index contributed by atoms with van der Waals surface area (Å²) in [6, 6.07) is 1.93. The van der Waals surface area contributed by atoms with Crippen molar-refractivity contribution >= 4 is 25.6 Å². The molecule has 0 aromatic carbocycles. The molecule has 1 aliphatic rings. The number of nitriles is 1. The van der Waals surface area contributed by atoms with Crippen molar-refractivity contribution in [2.45, 2.75) is 32.2 Å². The van der Waals surface area contributed by atoms with Crippen LogP contribution in [-0.2, 0) is 13.8 Å². The predicted octanol–water partition coefficient (Wildman–Crippen LogP) is 1.10. The van der Waals surface area contributed by atoms with Gasteiger partial charge in [-0.1, -0.05) is 6.92 Å². The fourth-order valence-corrected chi connectivity index (χ4v) is 3.46. The zero-order valence-corrected chi connectivity index (χ0v) is 11.2. The van der Waals surface area contributed by atoms with Crippen LogP contribution in [0, 0.1) is 17.2 Å². The van der Waals surface area contributed by atoms with Crippen LogP contribution in [0.15, 0.2) is 0 Å². The number of carbonyl (C=O) groups is 1. The fraction of sp³-hybridized carbons (Fsp3) is 0.800. The average molecular weight is 279 g/mol. The maximum Gasteiger partial charge on any atom is 0.232 e. The van der Waals surface area contributed by atoms with E-state index in [0.29, 0.717) is 13.0 Å². The van der Waals surface area contributed by atoms with E-state index in [0.717, 1.165) is 0 Å². The first-order valence-electron chi connectivity index (χ1n) is 5.46. The predicted molar refractivity (Wildman–Crippen MR) is 63.8 cm³/mol. The van der Waals surface area contributed by atoms with Crippen molar-refractivity contribution in [2.75, 3.05) is 12.3 Å². The van der Waals surface area contributed by atoms with Crippen LogP contribution in [0.1, 0.15) is 26.2 Å². The lowest BCUT2D eigenvalue weighted by Gasteiger charge is -2.25. The molecule has 7 heteroatoms. The smallest absolute Gasteiger partial charge is 0.232 e. The highest BCUT2D eigenvalue weighted by molar-refractivity contribution is 8.13. The van der Waals surface area contributed by atoms with E-state index in [1.54, 1.807) is 4.90 Å². The van der Waals surface area contributed by atoms with Crippen LogP contribution in [0.5, 0.6) is 0 Å². The van der Waals surface area contributed by atoms with E-state index in [9.17, 15) is 13.2 Å². The van der Waals surface area contributed by atoms with E-state index in [1.165, 1.54) is 0 Å². The van der Waals surface area contributed by atoms with Crippen LogP contribution in [0.3, 0.4) is 0 Å². The zero-order chi connectivity index (χ0) is 13.1. The molecule has 0 radical (unpaired) electrons. The van der Waals surface area contributed by atoms with Crippen molar-refractivity contribution in [1.29, 1.82) is 5.26 Å². The Balaban J connectivity index is 2.67. The summed E-state index contributed by atoms with van der Waals surface area (Å²) < 4.78 is 21.9. The normalized spacial score (nSPS) is 22.5. The van der Waals surface area contributed by atoms with E-state index < -0.39 is 9.05 Å². The molecule has 96 valence electrons. The molecular weight excluding hydrogens is 264 g/mol. The Morgan fingerprint density at radius 1 is 1.65 bits per heavy atom. The first-order chi connectivity index (χ1) is 7.87. The topological polar surface area (TPSA) is 78.2 Å². The number of hydrogen-bond acceptors (Lipinski definition) is 4. The van der Waals surface area contributed by atoms with Crippen molar-refractivity contribution in [1.82, 2.24) is 4.90 Å². The Labute approximate surface area is 106 Å². The molecule has 0 N–H and O–H groups in total. The minimum Gasteiger partial charge on any atom is -0.338 e. The van der Waals surface area contributed by atoms with E-state index >= 15 is 0 Å². The Morgan fingerprint density at radius 2 is 2.29 bits per heavy atom. The highest BCUT2D eigenvalue weighted by atomic mass is 35.7. The minimum absolute atomic E-state index is 0.0857. The number of rotatable bonds is 5. The van der Waals surface area contributed by atoms with Gasteiger partial charge in [0, 0.05) is 35.6 Å². The summed E-state index contributed by atoms with van der Waals surface area (Å²) in [6.45, 7) is 2.28. The van der Waals surface area contributed by atoms with Crippen LogP contribution in [0.4, 0.5) is 0 Å². The molecule has 0 saturated carbocycles. The van der Waals surface area contributed by atoms with Crippen LogP contribution >= 0.6 is 10.7 Å². The number of likely N-dealkylation sites (tertiary alicyclic amines) is 1. The van der Waals surface area contributed by atoms with Crippen molar-refractivity contribution < 1.29 is 13.2 Å². The lowest BCUT2D eigenvalue weighted by atomic mass is 10.1. The lowest BCUT2D eigenvalue weighted by Crippen LogP contribution is -2.36. The number of hydrogen-bond donors (Lipinski definition) is 0. The van der Waals surface area contributed by atoms with Gasteiger partial charge in [-0.05, 0) is 6.42 Å². The number of amides is 1. The van der Waals surface area contributed by atoms with Crippen LogP contribution in [0.25, 0.3) is 0 Å². The van der Waals surface area contributed by atoms with Crippen LogP contribution in [0.2, 0.25) is 0 Å². The van der Waals surface area contributed by atoms with Gasteiger partial charge < -0.3 is 4.90 Å². The third-order valence-corrected chi connectivity index (χ3v) is 4.16. The summed E-state index contributed by atoms with van der Waals surface area (Å²) in [5.74, 6) is -0.519. The van der Waals surface area contributed by atoms with Gasteiger partial charge in [0.2, 0.25) is 15.0 Å². The quantitative estimate of drug-likeness (QED) is 0.706. The fourth-order valence-electron chi connectivity index (χ4n) is 2.13. The van der Waals surface area contributed by atoms with E-state index in [-0.39, 0.29) is 36.5 Å². The molecule has 17 heavy (non-hydrogen) atoms. The van der Waals surface area contributed by atoms with E-state index in [1.807, 2.05) is 13.0 Å². The first-order valence-corrected chi connectivity index (χ1v) is 7.94.